The van der Waals surface area contributed by atoms with Crippen LogP contribution in [0.3, 0.4) is 0 Å². The van der Waals surface area contributed by atoms with Crippen LogP contribution in [0.25, 0.3) is 10.8 Å². The molecule has 1 heterocycles. The summed E-state index contributed by atoms with van der Waals surface area (Å²) in [5.74, 6) is 0.786. The van der Waals surface area contributed by atoms with Crippen molar-refractivity contribution in [1.29, 1.82) is 0 Å². The van der Waals surface area contributed by atoms with Crippen molar-refractivity contribution in [2.24, 2.45) is 0 Å². The Balaban J connectivity index is 2.27. The maximum Gasteiger partial charge on any atom is 0.293 e. The zero-order chi connectivity index (χ0) is 10.7. The first-order chi connectivity index (χ1) is 7.31. The number of carbonyl (C=O) groups is 1. The maximum atomic E-state index is 9.98. The first-order valence-electron chi connectivity index (χ1n) is 4.52. The Kier molecular flexibility index (Phi) is 2.92. The predicted octanol–water partition coefficient (Wildman–Crippen LogP) is 2.80. The lowest BCUT2D eigenvalue weighted by molar-refractivity contribution is -0.128. The molecule has 15 heavy (non-hydrogen) atoms. The van der Waals surface area contributed by atoms with E-state index in [-0.39, 0.29) is 0 Å². The number of hydrogen-bond acceptors (Lipinski definition) is 3. The van der Waals surface area contributed by atoms with Gasteiger partial charge in [0.2, 0.25) is 0 Å². The molecule has 4 heteroatoms. The van der Waals surface area contributed by atoms with Crippen LogP contribution < -0.4 is 0 Å². The molecule has 2 aromatic rings. The zero-order valence-electron chi connectivity index (χ0n) is 7.90. The molecule has 0 aliphatic carbocycles. The highest BCUT2D eigenvalue weighted by atomic mass is 35.5. The summed E-state index contributed by atoms with van der Waals surface area (Å²) >= 11 is 5.88. The zero-order valence-corrected chi connectivity index (χ0v) is 8.66. The second kappa shape index (κ2) is 4.36. The summed E-state index contributed by atoms with van der Waals surface area (Å²) in [5.41, 5.74) is 0. The fourth-order valence-electron chi connectivity index (χ4n) is 1.46. The summed E-state index contributed by atoms with van der Waals surface area (Å²) in [5, 5.41) is 2.64. The molecular formula is C11H9ClO3. The molecule has 0 N–H and O–H groups in total. The van der Waals surface area contributed by atoms with E-state index in [1.807, 2.05) is 18.2 Å². The van der Waals surface area contributed by atoms with Crippen molar-refractivity contribution in [1.82, 2.24) is 0 Å². The highest BCUT2D eigenvalue weighted by Gasteiger charge is 2.06. The summed E-state index contributed by atoms with van der Waals surface area (Å²) in [4.78, 5) is 9.98. The minimum atomic E-state index is 0.318. The van der Waals surface area contributed by atoms with Gasteiger partial charge < -0.3 is 9.15 Å². The van der Waals surface area contributed by atoms with E-state index < -0.39 is 0 Å². The van der Waals surface area contributed by atoms with Crippen LogP contribution in [0.15, 0.2) is 28.9 Å². The van der Waals surface area contributed by atoms with Crippen molar-refractivity contribution in [3.63, 3.8) is 0 Å². The average Bonchev–Trinajstić information content (AvgIpc) is 2.62. The minimum absolute atomic E-state index is 0.318. The molecule has 0 radical (unpaired) electrons. The van der Waals surface area contributed by atoms with Crippen LogP contribution in [0.4, 0.5) is 0 Å². The van der Waals surface area contributed by atoms with Gasteiger partial charge in [0.1, 0.15) is 5.76 Å². The molecular weight excluding hydrogens is 216 g/mol. The van der Waals surface area contributed by atoms with Crippen LogP contribution in [-0.4, -0.2) is 13.1 Å². The first kappa shape index (κ1) is 10.1. The second-order valence-corrected chi connectivity index (χ2v) is 3.54. The molecule has 0 saturated heterocycles. The van der Waals surface area contributed by atoms with Gasteiger partial charge in [-0.2, -0.15) is 0 Å². The Morgan fingerprint density at radius 3 is 3.13 bits per heavy atom. The average molecular weight is 225 g/mol. The van der Waals surface area contributed by atoms with Gasteiger partial charge in [0.05, 0.1) is 12.9 Å². The van der Waals surface area contributed by atoms with Gasteiger partial charge in [-0.25, -0.2) is 0 Å². The monoisotopic (exact) mass is 224 g/mol. The van der Waals surface area contributed by atoms with Gasteiger partial charge in [-0.05, 0) is 18.2 Å². The lowest BCUT2D eigenvalue weighted by Crippen LogP contribution is -1.95. The molecule has 0 atom stereocenters. The molecule has 3 nitrogen and oxygen atoms in total. The first-order valence-corrected chi connectivity index (χ1v) is 4.90. The van der Waals surface area contributed by atoms with Crippen molar-refractivity contribution >= 4 is 28.8 Å². The second-order valence-electron chi connectivity index (χ2n) is 3.11. The number of halogens is 1. The summed E-state index contributed by atoms with van der Waals surface area (Å²) in [6, 6.07) is 5.55. The molecule has 0 spiro atoms. The number of fused-ring (bicyclic) bond motifs is 1. The third-order valence-corrected chi connectivity index (χ3v) is 2.39. The number of furan rings is 1. The fourth-order valence-corrected chi connectivity index (χ4v) is 1.64. The molecule has 78 valence electrons. The Morgan fingerprint density at radius 2 is 2.33 bits per heavy atom. The molecule has 0 saturated carbocycles. The van der Waals surface area contributed by atoms with E-state index in [1.54, 1.807) is 6.26 Å². The molecule has 0 amide bonds. The standard InChI is InChI=1S/C11H9ClO3/c12-9-2-1-8-6-15-11(10(8)5-9)3-4-14-7-13/h1-2,5-7H,3-4H2. The highest BCUT2D eigenvalue weighted by Crippen LogP contribution is 2.24. The number of carbonyl (C=O) groups excluding carboxylic acids is 1. The number of ether oxygens (including phenoxy) is 1. The number of hydrogen-bond donors (Lipinski definition) is 0. The Bertz CT molecular complexity index is 476. The van der Waals surface area contributed by atoms with Crippen LogP contribution in [0, 0.1) is 0 Å². The van der Waals surface area contributed by atoms with Crippen molar-refractivity contribution in [3.05, 3.63) is 35.2 Å². The van der Waals surface area contributed by atoms with E-state index in [2.05, 4.69) is 4.74 Å². The lowest BCUT2D eigenvalue weighted by atomic mass is 10.1. The molecule has 1 aromatic carbocycles. The third-order valence-electron chi connectivity index (χ3n) is 2.16. The van der Waals surface area contributed by atoms with Crippen molar-refractivity contribution in [2.45, 2.75) is 6.42 Å². The summed E-state index contributed by atoms with van der Waals surface area (Å²) < 4.78 is 9.97. The Labute approximate surface area is 91.6 Å². The van der Waals surface area contributed by atoms with Crippen LogP contribution >= 0.6 is 11.6 Å². The van der Waals surface area contributed by atoms with Crippen molar-refractivity contribution < 1.29 is 13.9 Å². The van der Waals surface area contributed by atoms with E-state index in [1.165, 1.54) is 0 Å². The summed E-state index contributed by atoms with van der Waals surface area (Å²) in [6.45, 7) is 0.747. The third kappa shape index (κ3) is 2.13. The molecule has 0 aliphatic heterocycles. The van der Waals surface area contributed by atoms with Gasteiger partial charge in [0.25, 0.3) is 6.47 Å². The lowest BCUT2D eigenvalue weighted by Gasteiger charge is -1.97. The van der Waals surface area contributed by atoms with Crippen molar-refractivity contribution in [2.75, 3.05) is 6.61 Å². The van der Waals surface area contributed by atoms with Gasteiger partial charge in [-0.15, -0.1) is 0 Å². The van der Waals surface area contributed by atoms with Crippen molar-refractivity contribution in [3.8, 4) is 0 Å². The van der Waals surface area contributed by atoms with Crippen LogP contribution in [-0.2, 0) is 16.0 Å². The van der Waals surface area contributed by atoms with E-state index in [0.717, 1.165) is 16.5 Å². The minimum Gasteiger partial charge on any atom is -0.468 e. The topological polar surface area (TPSA) is 39.4 Å². The SMILES string of the molecule is O=COCCc1occ2ccc(Cl)cc12. The Hall–Kier alpha value is -1.48. The molecule has 0 unspecified atom stereocenters. The van der Waals surface area contributed by atoms with E-state index >= 15 is 0 Å². The smallest absolute Gasteiger partial charge is 0.293 e. The molecule has 0 aliphatic rings. The summed E-state index contributed by atoms with van der Waals surface area (Å²) in [7, 11) is 0. The van der Waals surface area contributed by atoms with E-state index in [9.17, 15) is 4.79 Å². The molecule has 0 bridgehead atoms. The fraction of sp³-hybridized carbons (Fsp3) is 0.182. The van der Waals surface area contributed by atoms with Crippen LogP contribution in [0.1, 0.15) is 5.76 Å². The summed E-state index contributed by atoms with van der Waals surface area (Å²) in [6.07, 6.45) is 2.23. The molecule has 0 fully saturated rings. The number of rotatable bonds is 4. The van der Waals surface area contributed by atoms with E-state index in [0.29, 0.717) is 24.5 Å². The quantitative estimate of drug-likeness (QED) is 0.592. The maximum absolute atomic E-state index is 9.98. The molecule has 2 rings (SSSR count). The number of benzene rings is 1. The highest BCUT2D eigenvalue weighted by molar-refractivity contribution is 6.31. The van der Waals surface area contributed by atoms with Gasteiger partial charge in [0.15, 0.2) is 0 Å². The van der Waals surface area contributed by atoms with Crippen LogP contribution in [0.2, 0.25) is 5.02 Å². The molecule has 1 aromatic heterocycles. The Morgan fingerprint density at radius 1 is 1.47 bits per heavy atom. The van der Waals surface area contributed by atoms with E-state index in [4.69, 9.17) is 16.0 Å². The van der Waals surface area contributed by atoms with Crippen LogP contribution in [0.5, 0.6) is 0 Å². The van der Waals surface area contributed by atoms with Gasteiger partial charge in [0, 0.05) is 22.2 Å². The largest absolute Gasteiger partial charge is 0.468 e. The van der Waals surface area contributed by atoms with Gasteiger partial charge in [-0.3, -0.25) is 4.79 Å². The normalized spacial score (nSPS) is 10.5. The van der Waals surface area contributed by atoms with Gasteiger partial charge in [-0.1, -0.05) is 11.6 Å². The predicted molar refractivity (Wildman–Crippen MR) is 56.9 cm³/mol. The van der Waals surface area contributed by atoms with Gasteiger partial charge >= 0.3 is 0 Å².